The summed E-state index contributed by atoms with van der Waals surface area (Å²) in [4.78, 5) is 95.9. The Kier molecular flexibility index (Phi) is 24.9. The van der Waals surface area contributed by atoms with Gasteiger partial charge in [0.2, 0.25) is 6.10 Å². The average Bonchev–Trinajstić information content (AvgIpc) is 1.40. The zero-order valence-electron chi connectivity index (χ0n) is 62.4. The number of cyclic esters (lactones) is 1. The fourth-order valence-electron chi connectivity index (χ4n) is 17.9. The smallest absolute Gasteiger partial charge is 0.347 e. The molecule has 3 aliphatic heterocycles. The molecule has 1 N–H and O–H groups in total. The Morgan fingerprint density at radius 2 is 1.01 bits per heavy atom. The summed E-state index contributed by atoms with van der Waals surface area (Å²) in [7, 11) is 0. The number of carbonyl (C=O) groups excluding carboxylic acids is 8. The molecule has 12 bridgehead atoms. The van der Waals surface area contributed by atoms with Gasteiger partial charge in [0, 0.05) is 24.2 Å². The highest BCUT2D eigenvalue weighted by atomic mass is 16.6. The number of rotatable bonds is 20. The summed E-state index contributed by atoms with van der Waals surface area (Å²) in [6.07, 6.45) is 25.5. The third-order valence-corrected chi connectivity index (χ3v) is 26.0. The minimum atomic E-state index is -0.687. The first-order chi connectivity index (χ1) is 44.1. The highest BCUT2D eigenvalue weighted by Gasteiger charge is 2.62. The van der Waals surface area contributed by atoms with Crippen LogP contribution in [0.25, 0.3) is 0 Å². The highest BCUT2D eigenvalue weighted by Crippen LogP contribution is 2.65. The summed E-state index contributed by atoms with van der Waals surface area (Å²) in [5.74, 6) is 2.87. The van der Waals surface area contributed by atoms with E-state index in [-0.39, 0.29) is 87.4 Å². The standard InChI is InChI=1S/C20H34O2.C18H26O6.C16H26O3.C14H26O2.C10H16O4/c1-6-18(3,4)17(21)22-19(5,7-2)20-11-14-8-15(12-20)10-16(9-14)13-20;1-4-18(2,3)17(21)22-9-14(19)24-15-11-5-10-6-12(8-11)16(20)23-13(15)7-10;1-4-14(2,3)13(17)19-16-8-11-5-12(9-16)7-15(18,6-11)10-16;1-6-13(4,5)12(15)16-14(11(2)3)9-7-8-10-14;1-4-10(2,3)9(12)14-7-5-6-13-8(7)11/h14-16H,6-13H2,1-5H3;10-13,15H,4-9H2,1-3H3;11-12,18H,4-10H2,1-3H3;11H,6-10H2,1-5H3;7H,4-6H2,1-3H3. The monoisotopic (exact) mass is 1340 g/mol. The normalized spacial score (nSPS) is 33.4. The van der Waals surface area contributed by atoms with E-state index < -0.39 is 52.0 Å². The second kappa shape index (κ2) is 30.3. The molecule has 3 heterocycles. The van der Waals surface area contributed by atoms with E-state index in [2.05, 4.69) is 34.6 Å². The Morgan fingerprint density at radius 1 is 0.526 bits per heavy atom. The van der Waals surface area contributed by atoms with Crippen molar-refractivity contribution in [2.24, 2.45) is 85.8 Å². The Balaban J connectivity index is 0.000000170. The second-order valence-corrected chi connectivity index (χ2v) is 35.6. The Bertz CT molecular complexity index is 2660. The maximum absolute atomic E-state index is 12.7. The van der Waals surface area contributed by atoms with Gasteiger partial charge in [-0.3, -0.25) is 28.8 Å². The molecule has 0 aromatic heterocycles. The number of esters is 8. The summed E-state index contributed by atoms with van der Waals surface area (Å²) >= 11 is 0. The minimum absolute atomic E-state index is 0.00935. The van der Waals surface area contributed by atoms with E-state index in [9.17, 15) is 43.5 Å². The van der Waals surface area contributed by atoms with Crippen LogP contribution in [0.2, 0.25) is 0 Å². The molecule has 17 nitrogen and oxygen atoms in total. The second-order valence-electron chi connectivity index (χ2n) is 35.6. The number of fused-ring (bicyclic) bond motifs is 1. The molecule has 0 aromatic rings. The summed E-state index contributed by atoms with van der Waals surface area (Å²) < 4.78 is 44.1. The molecule has 0 aromatic carbocycles. The molecule has 0 radical (unpaired) electrons. The zero-order chi connectivity index (χ0) is 70.7. The van der Waals surface area contributed by atoms with Gasteiger partial charge >= 0.3 is 47.8 Å². The zero-order valence-corrected chi connectivity index (χ0v) is 62.4. The van der Waals surface area contributed by atoms with Gasteiger partial charge in [-0.2, -0.15) is 0 Å². The lowest BCUT2D eigenvalue weighted by atomic mass is 9.45. The van der Waals surface area contributed by atoms with Gasteiger partial charge in [0.25, 0.3) is 0 Å². The average molecular weight is 1340 g/mol. The van der Waals surface area contributed by atoms with Crippen LogP contribution in [0.5, 0.6) is 0 Å². The van der Waals surface area contributed by atoms with Gasteiger partial charge in [-0.25, -0.2) is 9.59 Å². The van der Waals surface area contributed by atoms with Crippen molar-refractivity contribution in [3.63, 3.8) is 0 Å². The van der Waals surface area contributed by atoms with E-state index in [0.29, 0.717) is 56.0 Å². The molecule has 0 spiro atoms. The topological polar surface area (TPSA) is 231 Å². The molecule has 9 unspecified atom stereocenters. The molecular weight excluding hydrogens is 1210 g/mol. The van der Waals surface area contributed by atoms with Gasteiger partial charge in [-0.1, -0.05) is 55.4 Å². The molecule has 17 heteroatoms. The van der Waals surface area contributed by atoms with Gasteiger partial charge in [-0.15, -0.1) is 0 Å². The summed E-state index contributed by atoms with van der Waals surface area (Å²) in [6.45, 7) is 37.7. The van der Waals surface area contributed by atoms with Crippen LogP contribution < -0.4 is 0 Å². The first kappa shape index (κ1) is 78.1. The lowest BCUT2D eigenvalue weighted by Gasteiger charge is -2.62. The highest BCUT2D eigenvalue weighted by molar-refractivity contribution is 5.83. The fourth-order valence-corrected chi connectivity index (χ4v) is 17.9. The van der Waals surface area contributed by atoms with Crippen LogP contribution in [-0.4, -0.2) is 107 Å². The maximum Gasteiger partial charge on any atom is 0.347 e. The van der Waals surface area contributed by atoms with E-state index in [4.69, 9.17) is 37.9 Å². The van der Waals surface area contributed by atoms with Crippen LogP contribution in [0.4, 0.5) is 0 Å². The molecule has 11 saturated carbocycles. The maximum atomic E-state index is 12.7. The van der Waals surface area contributed by atoms with Crippen LogP contribution in [0, 0.1) is 85.8 Å². The first-order valence-electron chi connectivity index (χ1n) is 37.5. The third-order valence-electron chi connectivity index (χ3n) is 26.0. The number of hydrogen-bond donors (Lipinski definition) is 1. The van der Waals surface area contributed by atoms with Crippen molar-refractivity contribution in [1.82, 2.24) is 0 Å². The predicted octanol–water partition coefficient (Wildman–Crippen LogP) is 15.9. The molecule has 14 aliphatic rings. The lowest BCUT2D eigenvalue weighted by Crippen LogP contribution is -2.61. The van der Waals surface area contributed by atoms with Gasteiger partial charge < -0.3 is 43.0 Å². The quantitative estimate of drug-likeness (QED) is 0.0882. The molecule has 95 heavy (non-hydrogen) atoms. The van der Waals surface area contributed by atoms with E-state index in [1.165, 1.54) is 57.8 Å². The van der Waals surface area contributed by atoms with E-state index in [1.54, 1.807) is 27.7 Å². The van der Waals surface area contributed by atoms with Gasteiger partial charge in [0.1, 0.15) is 29.0 Å². The van der Waals surface area contributed by atoms with Crippen molar-refractivity contribution in [2.45, 2.75) is 346 Å². The van der Waals surface area contributed by atoms with Crippen LogP contribution in [0.3, 0.4) is 0 Å². The summed E-state index contributed by atoms with van der Waals surface area (Å²) in [5.41, 5.74) is -3.36. The van der Waals surface area contributed by atoms with Crippen molar-refractivity contribution in [3.8, 4) is 0 Å². The van der Waals surface area contributed by atoms with Crippen molar-refractivity contribution >= 4 is 47.8 Å². The van der Waals surface area contributed by atoms with Crippen molar-refractivity contribution in [2.75, 3.05) is 13.2 Å². The number of ether oxygens (including phenoxy) is 8. The minimum Gasteiger partial charge on any atom is -0.463 e. The first-order valence-corrected chi connectivity index (χ1v) is 37.5. The largest absolute Gasteiger partial charge is 0.463 e. The van der Waals surface area contributed by atoms with E-state index in [1.807, 2.05) is 69.2 Å². The third kappa shape index (κ3) is 18.2. The summed E-state index contributed by atoms with van der Waals surface area (Å²) in [5, 5.41) is 10.6. The van der Waals surface area contributed by atoms with Crippen molar-refractivity contribution in [3.05, 3.63) is 0 Å². The summed E-state index contributed by atoms with van der Waals surface area (Å²) in [6, 6.07) is 0. The van der Waals surface area contributed by atoms with Gasteiger partial charge in [-0.05, 0) is 278 Å². The van der Waals surface area contributed by atoms with E-state index in [0.717, 1.165) is 108 Å². The van der Waals surface area contributed by atoms with Crippen molar-refractivity contribution < 1.29 is 81.4 Å². The molecule has 542 valence electrons. The lowest BCUT2D eigenvalue weighted by molar-refractivity contribution is -0.225. The molecule has 11 aliphatic carbocycles. The van der Waals surface area contributed by atoms with Crippen LogP contribution in [0.1, 0.15) is 305 Å². The SMILES string of the molecule is CCC(C)(C)C(=O)OC(C)(CC)C12CC3CC(CC(C3)C1)C2.CCC(C)(C)C(=O)OC1(C(C)C)CCCC1.CCC(C)(C)C(=O)OC12CC3CC(CC(O)(C3)C1)C2.CCC(C)(C)C(=O)OC1CCOC1=O.CCC(C)(C)C(=O)OCC(=O)OC1C2CC3CC(C2)C(=O)OC1C3. The van der Waals surface area contributed by atoms with Crippen LogP contribution >= 0.6 is 0 Å². The molecule has 9 atom stereocenters. The van der Waals surface area contributed by atoms with Gasteiger partial charge in [0.15, 0.2) is 6.61 Å². The number of aliphatic hydroxyl groups is 1. The van der Waals surface area contributed by atoms with Crippen LogP contribution in [0.15, 0.2) is 0 Å². The Morgan fingerprint density at radius 3 is 1.48 bits per heavy atom. The van der Waals surface area contributed by atoms with Crippen molar-refractivity contribution in [1.29, 1.82) is 0 Å². The number of hydrogen-bond acceptors (Lipinski definition) is 17. The van der Waals surface area contributed by atoms with Gasteiger partial charge in [0.05, 0.1) is 45.2 Å². The predicted molar refractivity (Wildman–Crippen MR) is 361 cm³/mol. The van der Waals surface area contributed by atoms with E-state index >= 15 is 0 Å². The van der Waals surface area contributed by atoms with Crippen LogP contribution in [-0.2, 0) is 76.3 Å². The molecule has 0 amide bonds. The number of carbonyl (C=O) groups is 8. The molecule has 14 rings (SSSR count). The molecule has 14 fully saturated rings. The Labute approximate surface area is 571 Å². The Hall–Kier alpha value is -4.28. The molecular formula is C78H128O17. The molecule has 3 saturated heterocycles. The fraction of sp³-hybridized carbons (Fsp3) is 0.897.